The van der Waals surface area contributed by atoms with Crippen molar-refractivity contribution in [1.82, 2.24) is 4.72 Å². The van der Waals surface area contributed by atoms with Gasteiger partial charge >= 0.3 is 5.97 Å². The van der Waals surface area contributed by atoms with Crippen LogP contribution in [0.3, 0.4) is 0 Å². The molecule has 1 atom stereocenters. The molecule has 1 saturated heterocycles. The van der Waals surface area contributed by atoms with Crippen molar-refractivity contribution in [1.29, 1.82) is 0 Å². The number of carboxylic acid groups (broad SMARTS) is 1. The molecule has 4 rings (SSSR count). The van der Waals surface area contributed by atoms with Gasteiger partial charge in [0.1, 0.15) is 16.2 Å². The Morgan fingerprint density at radius 1 is 0.974 bits per heavy atom. The Morgan fingerprint density at radius 2 is 1.62 bits per heavy atom. The molecule has 0 spiro atoms. The smallest absolute Gasteiger partial charge is 0.339 e. The molecule has 3 aromatic rings. The molecule has 3 aromatic carbocycles. The Bertz CT molecular complexity index is 1370. The van der Waals surface area contributed by atoms with Crippen LogP contribution in [0.1, 0.15) is 33.8 Å². The van der Waals surface area contributed by atoms with Crippen LogP contribution >= 0.6 is 11.9 Å². The number of nitrogens with zero attached hydrogens (tertiary/aromatic N) is 1. The Kier molecular flexibility index (Phi) is 8.73. The van der Waals surface area contributed by atoms with E-state index in [1.165, 1.54) is 11.0 Å². The number of aromatic hydroxyl groups is 1. The topological polar surface area (TPSA) is 99.1 Å². The summed E-state index contributed by atoms with van der Waals surface area (Å²) in [5.41, 5.74) is 1.44. The van der Waals surface area contributed by atoms with E-state index in [4.69, 9.17) is 4.74 Å². The van der Waals surface area contributed by atoms with Crippen LogP contribution in [0.4, 0.5) is 27.6 Å². The van der Waals surface area contributed by atoms with Crippen LogP contribution in [0.25, 0.3) is 0 Å². The number of carbonyl (C=O) groups is 2. The van der Waals surface area contributed by atoms with Crippen LogP contribution < -0.4 is 9.62 Å². The normalized spacial score (nSPS) is 14.9. The van der Waals surface area contributed by atoms with E-state index in [-0.39, 0.29) is 30.1 Å². The molecule has 206 valence electrons. The number of phenols is 1. The lowest BCUT2D eigenvalue weighted by molar-refractivity contribution is -0.117. The lowest BCUT2D eigenvalue weighted by Gasteiger charge is -2.24. The van der Waals surface area contributed by atoms with Gasteiger partial charge in [-0.3, -0.25) is 9.52 Å². The SMILES string of the molecule is O=C(O)c1ccc(N(Cc2ccc(C3CCOC3)cc2)C(=O)CNSc2c(F)c(F)c(F)c(F)c2F)cc1O. The molecule has 0 aliphatic carbocycles. The van der Waals surface area contributed by atoms with E-state index in [2.05, 4.69) is 4.72 Å². The number of carbonyl (C=O) groups excluding carboxylic acids is 1. The maximum absolute atomic E-state index is 14.0. The van der Waals surface area contributed by atoms with Gasteiger partial charge in [0.25, 0.3) is 0 Å². The van der Waals surface area contributed by atoms with Crippen molar-refractivity contribution in [2.24, 2.45) is 0 Å². The van der Waals surface area contributed by atoms with E-state index in [1.54, 1.807) is 12.1 Å². The summed E-state index contributed by atoms with van der Waals surface area (Å²) in [5.74, 6) is -13.1. The molecule has 0 bridgehead atoms. The third-order valence-electron chi connectivity index (χ3n) is 6.11. The first-order chi connectivity index (χ1) is 18.6. The third kappa shape index (κ3) is 6.15. The molecule has 0 saturated carbocycles. The van der Waals surface area contributed by atoms with Crippen molar-refractivity contribution in [2.75, 3.05) is 24.7 Å². The summed E-state index contributed by atoms with van der Waals surface area (Å²) in [6.45, 7) is 0.607. The van der Waals surface area contributed by atoms with Gasteiger partial charge in [0.15, 0.2) is 23.3 Å². The highest BCUT2D eigenvalue weighted by molar-refractivity contribution is 7.97. The summed E-state index contributed by atoms with van der Waals surface area (Å²) in [4.78, 5) is 24.4. The predicted octanol–water partition coefficient (Wildman–Crippen LogP) is 5.12. The number of rotatable bonds is 9. The highest BCUT2D eigenvalue weighted by Crippen LogP contribution is 2.31. The number of hydrogen-bond acceptors (Lipinski definition) is 6. The maximum Gasteiger partial charge on any atom is 0.339 e. The van der Waals surface area contributed by atoms with E-state index in [9.17, 15) is 41.8 Å². The zero-order valence-corrected chi connectivity index (χ0v) is 20.8. The highest BCUT2D eigenvalue weighted by atomic mass is 32.2. The van der Waals surface area contributed by atoms with Crippen molar-refractivity contribution < 1.29 is 46.5 Å². The summed E-state index contributed by atoms with van der Waals surface area (Å²) >= 11 is 0.0504. The molecule has 0 radical (unpaired) electrons. The van der Waals surface area contributed by atoms with Gasteiger partial charge in [-0.05, 0) is 41.6 Å². The first-order valence-corrected chi connectivity index (χ1v) is 12.3. The number of anilines is 1. The Labute approximate surface area is 223 Å². The van der Waals surface area contributed by atoms with E-state index < -0.39 is 63.7 Å². The summed E-state index contributed by atoms with van der Waals surface area (Å²) in [7, 11) is 0. The van der Waals surface area contributed by atoms with Crippen LogP contribution in [0.2, 0.25) is 0 Å². The minimum absolute atomic E-state index is 0.0407. The van der Waals surface area contributed by atoms with Crippen molar-refractivity contribution in [3.8, 4) is 5.75 Å². The summed E-state index contributed by atoms with van der Waals surface area (Å²) in [6, 6.07) is 10.8. The van der Waals surface area contributed by atoms with Crippen molar-refractivity contribution in [3.05, 3.63) is 88.2 Å². The fourth-order valence-electron chi connectivity index (χ4n) is 4.01. The largest absolute Gasteiger partial charge is 0.507 e. The average Bonchev–Trinajstić information content (AvgIpc) is 3.46. The zero-order chi connectivity index (χ0) is 28.3. The van der Waals surface area contributed by atoms with Crippen LogP contribution in [0, 0.1) is 29.1 Å². The fourth-order valence-corrected chi connectivity index (χ4v) is 4.71. The monoisotopic (exact) mass is 568 g/mol. The van der Waals surface area contributed by atoms with Crippen molar-refractivity contribution in [2.45, 2.75) is 23.8 Å². The fraction of sp³-hybridized carbons (Fsp3) is 0.231. The molecule has 1 fully saturated rings. The Balaban J connectivity index is 1.55. The highest BCUT2D eigenvalue weighted by Gasteiger charge is 2.27. The Morgan fingerprint density at radius 3 is 2.18 bits per heavy atom. The van der Waals surface area contributed by atoms with E-state index >= 15 is 0 Å². The lowest BCUT2D eigenvalue weighted by atomic mass is 9.97. The summed E-state index contributed by atoms with van der Waals surface area (Å²) in [5, 5.41) is 19.3. The van der Waals surface area contributed by atoms with Gasteiger partial charge in [-0.15, -0.1) is 0 Å². The molecule has 0 aromatic heterocycles. The van der Waals surface area contributed by atoms with Crippen LogP contribution in [-0.4, -0.2) is 41.8 Å². The number of nitrogens with one attached hydrogen (secondary N) is 1. The van der Waals surface area contributed by atoms with Crippen LogP contribution in [0.15, 0.2) is 47.4 Å². The molecular formula is C26H21F5N2O5S. The van der Waals surface area contributed by atoms with E-state index in [0.717, 1.165) is 24.1 Å². The Hall–Kier alpha value is -3.68. The second-order valence-electron chi connectivity index (χ2n) is 8.61. The lowest BCUT2D eigenvalue weighted by Crippen LogP contribution is -2.36. The van der Waals surface area contributed by atoms with Crippen molar-refractivity contribution >= 4 is 29.5 Å². The van der Waals surface area contributed by atoms with E-state index in [1.807, 2.05) is 12.1 Å². The second-order valence-corrected chi connectivity index (χ2v) is 9.51. The van der Waals surface area contributed by atoms with Crippen LogP contribution in [0.5, 0.6) is 5.75 Å². The third-order valence-corrected chi connectivity index (χ3v) is 6.96. The number of hydrogen-bond donors (Lipinski definition) is 3. The molecule has 39 heavy (non-hydrogen) atoms. The quantitative estimate of drug-likeness (QED) is 0.143. The minimum Gasteiger partial charge on any atom is -0.507 e. The number of benzene rings is 3. The number of aromatic carboxylic acids is 1. The van der Waals surface area contributed by atoms with Gasteiger partial charge in [0.05, 0.1) is 19.7 Å². The number of halogens is 5. The minimum atomic E-state index is -2.30. The number of carboxylic acids is 1. The molecule has 1 heterocycles. The molecular weight excluding hydrogens is 547 g/mol. The maximum atomic E-state index is 14.0. The summed E-state index contributed by atoms with van der Waals surface area (Å²) < 4.78 is 75.9. The molecule has 1 aliphatic heterocycles. The first-order valence-electron chi connectivity index (χ1n) is 11.5. The average molecular weight is 569 g/mol. The van der Waals surface area contributed by atoms with Gasteiger partial charge in [-0.25, -0.2) is 26.7 Å². The number of amides is 1. The zero-order valence-electron chi connectivity index (χ0n) is 20.0. The molecule has 13 heteroatoms. The first kappa shape index (κ1) is 28.3. The van der Waals surface area contributed by atoms with Gasteiger partial charge in [0.2, 0.25) is 11.7 Å². The van der Waals surface area contributed by atoms with Crippen LogP contribution in [-0.2, 0) is 16.1 Å². The molecule has 1 unspecified atom stereocenters. The standard InChI is InChI=1S/C26H21F5N2O5S/c27-20-21(28)23(30)25(24(31)22(20)29)39-32-10-19(35)33(16-5-6-17(26(36)37)18(34)9-16)11-13-1-3-14(4-2-13)15-7-8-38-12-15/h1-6,9,15,32,34H,7-8,10-12H2,(H,36,37). The predicted molar refractivity (Wildman–Crippen MR) is 131 cm³/mol. The molecule has 3 N–H and O–H groups in total. The van der Waals surface area contributed by atoms with Gasteiger partial charge in [0, 0.05) is 24.3 Å². The molecule has 1 amide bonds. The summed E-state index contributed by atoms with van der Waals surface area (Å²) in [6.07, 6.45) is 0.880. The van der Waals surface area contributed by atoms with E-state index in [0.29, 0.717) is 18.8 Å². The van der Waals surface area contributed by atoms with Gasteiger partial charge in [-0.1, -0.05) is 24.3 Å². The van der Waals surface area contributed by atoms with Crippen molar-refractivity contribution in [3.63, 3.8) is 0 Å². The molecule has 1 aliphatic rings. The second kappa shape index (κ2) is 12.0. The van der Waals surface area contributed by atoms with Gasteiger partial charge in [-0.2, -0.15) is 0 Å². The number of ether oxygens (including phenoxy) is 1. The van der Waals surface area contributed by atoms with Gasteiger partial charge < -0.3 is 19.8 Å². The molecule has 7 nitrogen and oxygen atoms in total.